The zero-order valence-corrected chi connectivity index (χ0v) is 13.9. The predicted molar refractivity (Wildman–Crippen MR) is 98.4 cm³/mol. The normalized spacial score (nSPS) is 13.4. The molecule has 0 saturated heterocycles. The van der Waals surface area contributed by atoms with E-state index in [1.54, 1.807) is 0 Å². The van der Waals surface area contributed by atoms with Crippen LogP contribution in [0.3, 0.4) is 0 Å². The van der Waals surface area contributed by atoms with Gasteiger partial charge in [-0.3, -0.25) is 15.1 Å². The van der Waals surface area contributed by atoms with Crippen molar-refractivity contribution in [1.82, 2.24) is 5.32 Å². The van der Waals surface area contributed by atoms with Crippen molar-refractivity contribution < 1.29 is 4.79 Å². The van der Waals surface area contributed by atoms with Gasteiger partial charge in [0.15, 0.2) is 5.96 Å². The number of hydrogen-bond donors (Lipinski definition) is 4. The maximum absolute atomic E-state index is 11.7. The molecule has 0 aliphatic rings. The van der Waals surface area contributed by atoms with Crippen LogP contribution in [0.15, 0.2) is 47.5 Å². The number of carbonyl (C=O) groups is 1. The highest BCUT2D eigenvalue weighted by molar-refractivity contribution is 5.83. The molecule has 2 atom stereocenters. The van der Waals surface area contributed by atoms with E-state index in [-0.39, 0.29) is 17.9 Å². The van der Waals surface area contributed by atoms with Crippen LogP contribution in [0.4, 0.5) is 0 Å². The van der Waals surface area contributed by atoms with Gasteiger partial charge in [0.1, 0.15) is 0 Å². The number of primary amides is 1. The molecule has 2 aromatic rings. The molecule has 0 aromatic heterocycles. The van der Waals surface area contributed by atoms with Crippen LogP contribution < -0.4 is 22.5 Å². The third kappa shape index (κ3) is 4.96. The molecular weight excluding hydrogens is 302 g/mol. The van der Waals surface area contributed by atoms with Crippen molar-refractivity contribution in [2.75, 3.05) is 6.54 Å². The molecule has 128 valence electrons. The Bertz CT molecular complexity index is 724. The minimum atomic E-state index is -0.416. The molecule has 24 heavy (non-hydrogen) atoms. The lowest BCUT2D eigenvalue weighted by Gasteiger charge is -2.21. The van der Waals surface area contributed by atoms with Crippen molar-refractivity contribution in [2.45, 2.75) is 31.8 Å². The summed E-state index contributed by atoms with van der Waals surface area (Å²) >= 11 is 0. The van der Waals surface area contributed by atoms with E-state index in [0.717, 1.165) is 5.56 Å². The van der Waals surface area contributed by atoms with E-state index < -0.39 is 6.04 Å². The third-order valence-electron chi connectivity index (χ3n) is 4.01. The van der Waals surface area contributed by atoms with Gasteiger partial charge in [-0.05, 0) is 42.2 Å². The lowest BCUT2D eigenvalue weighted by Crippen LogP contribution is -2.42. The van der Waals surface area contributed by atoms with Crippen molar-refractivity contribution in [1.29, 1.82) is 0 Å². The molecule has 7 N–H and O–H groups in total. The van der Waals surface area contributed by atoms with Gasteiger partial charge in [-0.1, -0.05) is 36.4 Å². The number of amides is 1. The third-order valence-corrected chi connectivity index (χ3v) is 4.01. The van der Waals surface area contributed by atoms with E-state index in [9.17, 15) is 4.79 Å². The molecule has 1 amide bonds. The second kappa shape index (κ2) is 8.31. The number of nitrogens with one attached hydrogen (secondary N) is 1. The quantitative estimate of drug-likeness (QED) is 0.333. The maximum Gasteiger partial charge on any atom is 0.234 e. The van der Waals surface area contributed by atoms with Gasteiger partial charge in [0.05, 0.1) is 6.04 Å². The summed E-state index contributed by atoms with van der Waals surface area (Å²) in [6, 6.07) is 14.1. The minimum Gasteiger partial charge on any atom is -0.370 e. The maximum atomic E-state index is 11.7. The lowest BCUT2D eigenvalue weighted by atomic mass is 10.0. The van der Waals surface area contributed by atoms with E-state index in [2.05, 4.69) is 40.6 Å². The summed E-state index contributed by atoms with van der Waals surface area (Å²) in [5, 5.41) is 5.66. The molecule has 2 aromatic carbocycles. The molecule has 0 radical (unpaired) electrons. The SMILES string of the molecule is C[C@@H](N[C@@H](CCCN=C(N)N)C(N)=O)c1ccc2ccccc2c1. The van der Waals surface area contributed by atoms with Gasteiger partial charge in [-0.15, -0.1) is 0 Å². The van der Waals surface area contributed by atoms with Crippen LogP contribution >= 0.6 is 0 Å². The largest absolute Gasteiger partial charge is 0.370 e. The summed E-state index contributed by atoms with van der Waals surface area (Å²) in [5.74, 6) is -0.310. The fraction of sp³-hybridized carbons (Fsp3) is 0.333. The van der Waals surface area contributed by atoms with E-state index in [4.69, 9.17) is 17.2 Å². The van der Waals surface area contributed by atoms with Crippen molar-refractivity contribution in [3.8, 4) is 0 Å². The Labute approximate surface area is 142 Å². The van der Waals surface area contributed by atoms with Gasteiger partial charge in [0.25, 0.3) is 0 Å². The Hall–Kier alpha value is -2.60. The molecule has 0 heterocycles. The summed E-state index contributed by atoms with van der Waals surface area (Å²) in [7, 11) is 0. The number of benzene rings is 2. The van der Waals surface area contributed by atoms with Gasteiger partial charge in [-0.25, -0.2) is 0 Å². The molecular formula is C18H25N5O. The van der Waals surface area contributed by atoms with E-state index >= 15 is 0 Å². The second-order valence-corrected chi connectivity index (χ2v) is 5.90. The highest BCUT2D eigenvalue weighted by Gasteiger charge is 2.18. The van der Waals surface area contributed by atoms with Crippen LogP contribution in [-0.2, 0) is 4.79 Å². The standard InChI is InChI=1S/C18H25N5O/c1-12(14-9-8-13-5-2-3-6-15(13)11-14)23-16(17(19)24)7-4-10-22-18(20)21/h2-3,5-6,8-9,11-12,16,23H,4,7,10H2,1H3,(H2,19,24)(H4,20,21,22)/t12-,16+/m1/s1. The number of aliphatic imine (C=N–C) groups is 1. The molecule has 0 aliphatic carbocycles. The molecule has 2 rings (SSSR count). The monoisotopic (exact) mass is 327 g/mol. The number of hydrogen-bond acceptors (Lipinski definition) is 3. The van der Waals surface area contributed by atoms with Gasteiger partial charge in [0.2, 0.25) is 5.91 Å². The van der Waals surface area contributed by atoms with Crippen LogP contribution in [0.2, 0.25) is 0 Å². The number of nitrogens with two attached hydrogens (primary N) is 3. The van der Waals surface area contributed by atoms with E-state index in [0.29, 0.717) is 19.4 Å². The molecule has 6 nitrogen and oxygen atoms in total. The number of carbonyl (C=O) groups excluding carboxylic acids is 1. The highest BCUT2D eigenvalue weighted by Crippen LogP contribution is 2.21. The summed E-state index contributed by atoms with van der Waals surface area (Å²) < 4.78 is 0. The Morgan fingerprint density at radius 3 is 2.50 bits per heavy atom. The second-order valence-electron chi connectivity index (χ2n) is 5.90. The number of guanidine groups is 1. The van der Waals surface area contributed by atoms with Crippen LogP contribution in [0.1, 0.15) is 31.4 Å². The van der Waals surface area contributed by atoms with Crippen LogP contribution in [0, 0.1) is 0 Å². The van der Waals surface area contributed by atoms with Crippen molar-refractivity contribution in [2.24, 2.45) is 22.2 Å². The van der Waals surface area contributed by atoms with Crippen molar-refractivity contribution in [3.63, 3.8) is 0 Å². The van der Waals surface area contributed by atoms with Crippen molar-refractivity contribution in [3.05, 3.63) is 48.0 Å². The van der Waals surface area contributed by atoms with Crippen LogP contribution in [0.5, 0.6) is 0 Å². The van der Waals surface area contributed by atoms with Gasteiger partial charge < -0.3 is 17.2 Å². The summed E-state index contributed by atoms with van der Waals surface area (Å²) in [6.07, 6.45) is 1.27. The first-order valence-electron chi connectivity index (χ1n) is 8.07. The fourth-order valence-electron chi connectivity index (χ4n) is 2.69. The Morgan fingerprint density at radius 2 is 1.83 bits per heavy atom. The topological polar surface area (TPSA) is 120 Å². The Morgan fingerprint density at radius 1 is 1.12 bits per heavy atom. The lowest BCUT2D eigenvalue weighted by molar-refractivity contribution is -0.120. The van der Waals surface area contributed by atoms with Gasteiger partial charge in [-0.2, -0.15) is 0 Å². The summed E-state index contributed by atoms with van der Waals surface area (Å²) in [4.78, 5) is 15.6. The number of rotatable bonds is 8. The molecule has 0 saturated carbocycles. The van der Waals surface area contributed by atoms with Crippen LogP contribution in [-0.4, -0.2) is 24.5 Å². The summed E-state index contributed by atoms with van der Waals surface area (Å²) in [6.45, 7) is 2.51. The summed E-state index contributed by atoms with van der Waals surface area (Å²) in [5.41, 5.74) is 17.2. The van der Waals surface area contributed by atoms with Crippen LogP contribution in [0.25, 0.3) is 10.8 Å². The van der Waals surface area contributed by atoms with E-state index in [1.165, 1.54) is 10.8 Å². The minimum absolute atomic E-state index is 0.00943. The zero-order chi connectivity index (χ0) is 17.5. The smallest absolute Gasteiger partial charge is 0.234 e. The molecule has 0 unspecified atom stereocenters. The Balaban J connectivity index is 2.01. The molecule has 0 bridgehead atoms. The molecule has 0 fully saturated rings. The highest BCUT2D eigenvalue weighted by atomic mass is 16.1. The average Bonchev–Trinajstić information content (AvgIpc) is 2.56. The van der Waals surface area contributed by atoms with Crippen molar-refractivity contribution >= 4 is 22.6 Å². The average molecular weight is 327 g/mol. The Kier molecular flexibility index (Phi) is 6.14. The zero-order valence-electron chi connectivity index (χ0n) is 13.9. The van der Waals surface area contributed by atoms with Gasteiger partial charge >= 0.3 is 0 Å². The first-order chi connectivity index (χ1) is 11.5. The van der Waals surface area contributed by atoms with Gasteiger partial charge in [0, 0.05) is 12.6 Å². The number of nitrogens with zero attached hydrogens (tertiary/aromatic N) is 1. The molecule has 0 spiro atoms. The van der Waals surface area contributed by atoms with E-state index in [1.807, 2.05) is 19.1 Å². The fourth-order valence-corrected chi connectivity index (χ4v) is 2.69. The number of fused-ring (bicyclic) bond motifs is 1. The first-order valence-corrected chi connectivity index (χ1v) is 8.07. The predicted octanol–water partition coefficient (Wildman–Crippen LogP) is 1.40. The first kappa shape index (κ1) is 17.7. The molecule has 0 aliphatic heterocycles. The molecule has 6 heteroatoms.